The highest BCUT2D eigenvalue weighted by Crippen LogP contribution is 2.42. The van der Waals surface area contributed by atoms with Gasteiger partial charge in [-0.25, -0.2) is 0 Å². The Balaban J connectivity index is 1.98. The van der Waals surface area contributed by atoms with E-state index in [1.807, 2.05) is 18.2 Å². The molecule has 0 N–H and O–H groups in total. The Kier molecular flexibility index (Phi) is 5.14. The van der Waals surface area contributed by atoms with Crippen molar-refractivity contribution in [2.75, 3.05) is 33.4 Å². The Morgan fingerprint density at radius 2 is 1.79 bits per heavy atom. The second-order valence-electron chi connectivity index (χ2n) is 7.55. The lowest BCUT2D eigenvalue weighted by molar-refractivity contribution is -0.144. The van der Waals surface area contributed by atoms with Gasteiger partial charge < -0.3 is 14.4 Å². The van der Waals surface area contributed by atoms with E-state index in [0.29, 0.717) is 25.0 Å². The molecule has 24 heavy (non-hydrogen) atoms. The molecule has 0 aromatic heterocycles. The number of para-hydroxylation sites is 1. The van der Waals surface area contributed by atoms with E-state index in [1.165, 1.54) is 6.42 Å². The molecule has 2 fully saturated rings. The Bertz CT molecular complexity index is 570. The van der Waals surface area contributed by atoms with Crippen LogP contribution in [0.2, 0.25) is 0 Å². The first-order chi connectivity index (χ1) is 11.6. The van der Waals surface area contributed by atoms with E-state index < -0.39 is 5.41 Å². The van der Waals surface area contributed by atoms with Crippen LogP contribution in [0.4, 0.5) is 0 Å². The number of methoxy groups -OCH3 is 1. The van der Waals surface area contributed by atoms with Crippen molar-refractivity contribution in [3.63, 3.8) is 0 Å². The molecule has 132 valence electrons. The molecule has 2 aliphatic heterocycles. The van der Waals surface area contributed by atoms with Gasteiger partial charge in [0.25, 0.3) is 0 Å². The second kappa shape index (κ2) is 7.14. The molecule has 0 aliphatic carbocycles. The van der Waals surface area contributed by atoms with Crippen molar-refractivity contribution in [3.05, 3.63) is 29.8 Å². The maximum atomic E-state index is 13.6. The zero-order valence-electron chi connectivity index (χ0n) is 15.1. The van der Waals surface area contributed by atoms with Gasteiger partial charge in [-0.3, -0.25) is 4.79 Å². The van der Waals surface area contributed by atoms with E-state index in [-0.39, 0.29) is 5.91 Å². The summed E-state index contributed by atoms with van der Waals surface area (Å²) in [5, 5.41) is 0. The summed E-state index contributed by atoms with van der Waals surface area (Å²) in [6.07, 6.45) is 2.66. The van der Waals surface area contributed by atoms with E-state index in [2.05, 4.69) is 24.8 Å². The summed E-state index contributed by atoms with van der Waals surface area (Å²) in [5.41, 5.74) is 0.508. The highest BCUT2D eigenvalue weighted by molar-refractivity contribution is 5.89. The maximum absolute atomic E-state index is 13.6. The Morgan fingerprint density at radius 1 is 1.17 bits per heavy atom. The Morgan fingerprint density at radius 3 is 2.42 bits per heavy atom. The monoisotopic (exact) mass is 331 g/mol. The molecular weight excluding hydrogens is 302 g/mol. The number of carbonyl (C=O) groups is 1. The fourth-order valence-electron chi connectivity index (χ4n) is 4.49. The first-order valence-electron chi connectivity index (χ1n) is 9.07. The third-order valence-corrected chi connectivity index (χ3v) is 5.53. The number of nitrogens with zero attached hydrogens (tertiary/aromatic N) is 1. The molecule has 0 saturated carbocycles. The number of hydrogen-bond donors (Lipinski definition) is 0. The van der Waals surface area contributed by atoms with Gasteiger partial charge in [0, 0.05) is 31.9 Å². The van der Waals surface area contributed by atoms with Crippen LogP contribution >= 0.6 is 0 Å². The lowest BCUT2D eigenvalue weighted by atomic mass is 9.72. The molecule has 0 radical (unpaired) electrons. The van der Waals surface area contributed by atoms with Crippen molar-refractivity contribution in [3.8, 4) is 5.75 Å². The maximum Gasteiger partial charge on any atom is 0.233 e. The van der Waals surface area contributed by atoms with Gasteiger partial charge in [0.2, 0.25) is 5.91 Å². The topological polar surface area (TPSA) is 38.8 Å². The normalized spacial score (nSPS) is 26.9. The first-order valence-corrected chi connectivity index (χ1v) is 9.07. The fraction of sp³-hybridized carbons (Fsp3) is 0.650. The molecule has 4 nitrogen and oxygen atoms in total. The first kappa shape index (κ1) is 17.3. The molecular formula is C20H29NO3. The van der Waals surface area contributed by atoms with Gasteiger partial charge in [0.05, 0.1) is 12.5 Å². The SMILES string of the molecule is COc1ccccc1C1(C(=O)N2C[C@H](C)C[C@H](C)C2)CCOCC1. The molecule has 2 atom stereocenters. The van der Waals surface area contributed by atoms with Gasteiger partial charge in [-0.2, -0.15) is 0 Å². The zero-order chi connectivity index (χ0) is 17.2. The number of benzene rings is 1. The average molecular weight is 331 g/mol. The summed E-state index contributed by atoms with van der Waals surface area (Å²) in [5.74, 6) is 2.19. The minimum Gasteiger partial charge on any atom is -0.496 e. The van der Waals surface area contributed by atoms with Crippen LogP contribution in [0.3, 0.4) is 0 Å². The molecule has 0 unspecified atom stereocenters. The second-order valence-corrected chi connectivity index (χ2v) is 7.55. The van der Waals surface area contributed by atoms with E-state index in [0.717, 1.165) is 37.2 Å². The standard InChI is InChI=1S/C20H29NO3/c1-15-12-16(2)14-21(13-15)19(22)20(8-10-24-11-9-20)17-6-4-5-7-18(17)23-3/h4-7,15-16H,8-14H2,1-3H3/t15-,16+. The molecule has 1 aromatic rings. The highest BCUT2D eigenvalue weighted by Gasteiger charge is 2.46. The smallest absolute Gasteiger partial charge is 0.233 e. The van der Waals surface area contributed by atoms with Crippen molar-refractivity contribution < 1.29 is 14.3 Å². The molecule has 4 heteroatoms. The molecule has 1 aromatic carbocycles. The van der Waals surface area contributed by atoms with Crippen molar-refractivity contribution in [2.24, 2.45) is 11.8 Å². The summed E-state index contributed by atoms with van der Waals surface area (Å²) in [7, 11) is 1.68. The fourth-order valence-corrected chi connectivity index (χ4v) is 4.49. The third-order valence-electron chi connectivity index (χ3n) is 5.53. The van der Waals surface area contributed by atoms with Gasteiger partial charge in [-0.15, -0.1) is 0 Å². The average Bonchev–Trinajstić information content (AvgIpc) is 2.60. The van der Waals surface area contributed by atoms with E-state index in [1.54, 1.807) is 7.11 Å². The van der Waals surface area contributed by atoms with Crippen LogP contribution in [0.1, 0.15) is 38.7 Å². The Labute approximate surface area is 145 Å². The molecule has 1 amide bonds. The van der Waals surface area contributed by atoms with Gasteiger partial charge in [-0.1, -0.05) is 32.0 Å². The minimum atomic E-state index is -0.512. The summed E-state index contributed by atoms with van der Waals surface area (Å²) >= 11 is 0. The molecule has 3 rings (SSSR count). The van der Waals surface area contributed by atoms with Crippen molar-refractivity contribution >= 4 is 5.91 Å². The quantitative estimate of drug-likeness (QED) is 0.853. The summed E-state index contributed by atoms with van der Waals surface area (Å²) in [4.78, 5) is 15.7. The summed E-state index contributed by atoms with van der Waals surface area (Å²) in [6, 6.07) is 7.98. The van der Waals surface area contributed by atoms with Crippen LogP contribution in [0, 0.1) is 11.8 Å². The number of carbonyl (C=O) groups excluding carboxylic acids is 1. The third kappa shape index (κ3) is 3.16. The van der Waals surface area contributed by atoms with Crippen molar-refractivity contribution in [2.45, 2.75) is 38.5 Å². The number of amides is 1. The Hall–Kier alpha value is -1.55. The number of ether oxygens (including phenoxy) is 2. The highest BCUT2D eigenvalue weighted by atomic mass is 16.5. The number of likely N-dealkylation sites (tertiary alicyclic amines) is 1. The zero-order valence-corrected chi connectivity index (χ0v) is 15.1. The van der Waals surface area contributed by atoms with Crippen LogP contribution in [0.15, 0.2) is 24.3 Å². The van der Waals surface area contributed by atoms with E-state index in [4.69, 9.17) is 9.47 Å². The van der Waals surface area contributed by atoms with Crippen LogP contribution in [0.25, 0.3) is 0 Å². The largest absolute Gasteiger partial charge is 0.496 e. The van der Waals surface area contributed by atoms with Crippen LogP contribution in [-0.4, -0.2) is 44.2 Å². The predicted octanol–water partition coefficient (Wildman–Crippen LogP) is 3.25. The predicted molar refractivity (Wildman–Crippen MR) is 94.3 cm³/mol. The van der Waals surface area contributed by atoms with Crippen LogP contribution in [-0.2, 0) is 14.9 Å². The van der Waals surface area contributed by atoms with E-state index >= 15 is 0 Å². The van der Waals surface area contributed by atoms with Crippen molar-refractivity contribution in [1.82, 2.24) is 4.90 Å². The minimum absolute atomic E-state index is 0.258. The molecule has 0 bridgehead atoms. The lowest BCUT2D eigenvalue weighted by Gasteiger charge is -2.44. The van der Waals surface area contributed by atoms with Gasteiger partial charge in [-0.05, 0) is 37.2 Å². The molecule has 2 heterocycles. The van der Waals surface area contributed by atoms with Crippen LogP contribution < -0.4 is 4.74 Å². The summed E-state index contributed by atoms with van der Waals surface area (Å²) in [6.45, 7) is 7.47. The summed E-state index contributed by atoms with van der Waals surface area (Å²) < 4.78 is 11.2. The van der Waals surface area contributed by atoms with E-state index in [9.17, 15) is 4.79 Å². The van der Waals surface area contributed by atoms with Gasteiger partial charge in [0.1, 0.15) is 5.75 Å². The van der Waals surface area contributed by atoms with Gasteiger partial charge in [0.15, 0.2) is 0 Å². The molecule has 0 spiro atoms. The van der Waals surface area contributed by atoms with Crippen molar-refractivity contribution in [1.29, 1.82) is 0 Å². The molecule has 2 saturated heterocycles. The number of rotatable bonds is 3. The molecule has 2 aliphatic rings. The lowest BCUT2D eigenvalue weighted by Crippen LogP contribution is -2.53. The number of hydrogen-bond acceptors (Lipinski definition) is 3. The van der Waals surface area contributed by atoms with Crippen LogP contribution in [0.5, 0.6) is 5.75 Å². The van der Waals surface area contributed by atoms with Gasteiger partial charge >= 0.3 is 0 Å². The number of piperidine rings is 1.